The van der Waals surface area contributed by atoms with E-state index in [0.29, 0.717) is 12.5 Å². The van der Waals surface area contributed by atoms with Gasteiger partial charge in [0, 0.05) is 29.1 Å². The lowest BCUT2D eigenvalue weighted by Gasteiger charge is -2.14. The Labute approximate surface area is 102 Å². The molecule has 0 saturated carbocycles. The first-order chi connectivity index (χ1) is 7.99. The van der Waals surface area contributed by atoms with Gasteiger partial charge in [0.15, 0.2) is 0 Å². The van der Waals surface area contributed by atoms with Crippen molar-refractivity contribution in [1.82, 2.24) is 4.57 Å². The fourth-order valence-corrected chi connectivity index (χ4v) is 2.41. The molecule has 0 saturated heterocycles. The van der Waals surface area contributed by atoms with Crippen molar-refractivity contribution in [2.24, 2.45) is 0 Å². The Hall–Kier alpha value is -1.57. The van der Waals surface area contributed by atoms with Gasteiger partial charge in [-0.25, -0.2) is 0 Å². The van der Waals surface area contributed by atoms with Crippen molar-refractivity contribution in [2.45, 2.75) is 40.2 Å². The number of aromatic nitrogens is 1. The second-order valence-corrected chi connectivity index (χ2v) is 5.04. The van der Waals surface area contributed by atoms with Crippen molar-refractivity contribution >= 4 is 16.7 Å². The second kappa shape index (κ2) is 4.36. The number of carbonyl (C=O) groups is 1. The average molecular weight is 229 g/mol. The van der Waals surface area contributed by atoms with Crippen molar-refractivity contribution in [3.8, 4) is 0 Å². The molecule has 0 aliphatic carbocycles. The third-order valence-corrected chi connectivity index (χ3v) is 3.02. The monoisotopic (exact) mass is 229 g/mol. The van der Waals surface area contributed by atoms with E-state index in [0.717, 1.165) is 5.69 Å². The molecule has 2 aromatic rings. The van der Waals surface area contributed by atoms with Crippen LogP contribution in [0.3, 0.4) is 0 Å². The van der Waals surface area contributed by atoms with Crippen LogP contribution >= 0.6 is 0 Å². The average Bonchev–Trinajstić information content (AvgIpc) is 2.53. The van der Waals surface area contributed by atoms with Crippen LogP contribution in [0.25, 0.3) is 10.9 Å². The molecule has 0 N–H and O–H groups in total. The highest BCUT2D eigenvalue weighted by atomic mass is 16.1. The van der Waals surface area contributed by atoms with E-state index < -0.39 is 0 Å². The first kappa shape index (κ1) is 11.9. The molecule has 90 valence electrons. The third-order valence-electron chi connectivity index (χ3n) is 3.02. The minimum Gasteiger partial charge on any atom is -0.342 e. The number of Topliss-reactive ketones (excluding diaryl/α,β-unsaturated/α-hetero) is 1. The van der Waals surface area contributed by atoms with E-state index in [2.05, 4.69) is 49.6 Å². The minimum absolute atomic E-state index is 0.214. The van der Waals surface area contributed by atoms with Crippen LogP contribution < -0.4 is 0 Å². The third kappa shape index (κ3) is 2.26. The van der Waals surface area contributed by atoms with Gasteiger partial charge in [0.2, 0.25) is 0 Å². The lowest BCUT2D eigenvalue weighted by molar-refractivity contribution is -0.116. The molecule has 1 heterocycles. The largest absolute Gasteiger partial charge is 0.342 e. The van der Waals surface area contributed by atoms with E-state index >= 15 is 0 Å². The molecule has 0 atom stereocenters. The number of fused-ring (bicyclic) bond motifs is 1. The van der Waals surface area contributed by atoms with Gasteiger partial charge in [0.1, 0.15) is 5.78 Å². The van der Waals surface area contributed by atoms with Crippen molar-refractivity contribution in [3.63, 3.8) is 0 Å². The quantitative estimate of drug-likeness (QED) is 0.787. The second-order valence-electron chi connectivity index (χ2n) is 5.04. The number of aryl methyl sites for hydroxylation is 1. The maximum atomic E-state index is 11.3. The number of ketones is 1. The van der Waals surface area contributed by atoms with Crippen LogP contribution in [0.15, 0.2) is 24.3 Å². The Morgan fingerprint density at radius 1 is 1.29 bits per heavy atom. The van der Waals surface area contributed by atoms with Gasteiger partial charge in [-0.1, -0.05) is 11.6 Å². The summed E-state index contributed by atoms with van der Waals surface area (Å²) in [5.74, 6) is 0.214. The fraction of sp³-hybridized carbons (Fsp3) is 0.400. The van der Waals surface area contributed by atoms with E-state index in [1.165, 1.54) is 16.5 Å². The van der Waals surface area contributed by atoms with Crippen LogP contribution in [0.5, 0.6) is 0 Å². The lowest BCUT2D eigenvalue weighted by Crippen LogP contribution is -2.08. The number of carbonyl (C=O) groups excluding carboxylic acids is 1. The molecule has 0 spiro atoms. The normalized spacial score (nSPS) is 11.4. The molecule has 0 amide bonds. The van der Waals surface area contributed by atoms with Gasteiger partial charge < -0.3 is 4.57 Å². The maximum absolute atomic E-state index is 11.3. The molecular formula is C15H19NO. The van der Waals surface area contributed by atoms with Crippen LogP contribution in [-0.4, -0.2) is 10.4 Å². The molecule has 1 aromatic heterocycles. The Morgan fingerprint density at radius 2 is 2.00 bits per heavy atom. The number of hydrogen-bond acceptors (Lipinski definition) is 1. The van der Waals surface area contributed by atoms with Crippen molar-refractivity contribution in [3.05, 3.63) is 35.5 Å². The predicted octanol–water partition coefficient (Wildman–Crippen LogP) is 3.66. The molecule has 0 unspecified atom stereocenters. The summed E-state index contributed by atoms with van der Waals surface area (Å²) in [5.41, 5.74) is 3.60. The van der Waals surface area contributed by atoms with Gasteiger partial charge >= 0.3 is 0 Å². The van der Waals surface area contributed by atoms with Gasteiger partial charge in [-0.05, 0) is 45.9 Å². The van der Waals surface area contributed by atoms with Crippen molar-refractivity contribution in [2.75, 3.05) is 0 Å². The predicted molar refractivity (Wildman–Crippen MR) is 71.4 cm³/mol. The number of rotatable bonds is 3. The zero-order valence-electron chi connectivity index (χ0n) is 10.9. The molecule has 0 aliphatic heterocycles. The van der Waals surface area contributed by atoms with E-state index in [-0.39, 0.29) is 5.78 Å². The van der Waals surface area contributed by atoms with Crippen LogP contribution in [0, 0.1) is 6.92 Å². The maximum Gasteiger partial charge on any atom is 0.135 e. The highest BCUT2D eigenvalue weighted by Gasteiger charge is 2.12. The van der Waals surface area contributed by atoms with Gasteiger partial charge in [0.05, 0.1) is 0 Å². The Balaban J connectivity index is 2.65. The van der Waals surface area contributed by atoms with Crippen LogP contribution in [0.2, 0.25) is 0 Å². The summed E-state index contributed by atoms with van der Waals surface area (Å²) in [7, 11) is 0. The summed E-state index contributed by atoms with van der Waals surface area (Å²) in [6.45, 7) is 8.05. The standard InChI is InChI=1S/C15H19NO/c1-10(2)16-14(8-12(4)17)9-13-7-11(3)5-6-15(13)16/h5-7,9-10H,8H2,1-4H3. The highest BCUT2D eigenvalue weighted by Crippen LogP contribution is 2.25. The van der Waals surface area contributed by atoms with Gasteiger partial charge in [-0.2, -0.15) is 0 Å². The molecule has 2 rings (SSSR count). The van der Waals surface area contributed by atoms with Gasteiger partial charge in [-0.15, -0.1) is 0 Å². The molecular weight excluding hydrogens is 210 g/mol. The highest BCUT2D eigenvalue weighted by molar-refractivity contribution is 5.85. The first-order valence-electron chi connectivity index (χ1n) is 6.09. The number of benzene rings is 1. The zero-order valence-corrected chi connectivity index (χ0v) is 10.9. The molecule has 0 fully saturated rings. The SMILES string of the molecule is CC(=O)Cc1cc2cc(C)ccc2n1C(C)C. The van der Waals surface area contributed by atoms with Gasteiger partial charge in [-0.3, -0.25) is 4.79 Å². The molecule has 0 radical (unpaired) electrons. The summed E-state index contributed by atoms with van der Waals surface area (Å²) in [6.07, 6.45) is 0.520. The number of nitrogens with zero attached hydrogens (tertiary/aromatic N) is 1. The van der Waals surface area contributed by atoms with E-state index in [4.69, 9.17) is 0 Å². The molecule has 2 heteroatoms. The van der Waals surface area contributed by atoms with Gasteiger partial charge in [0.25, 0.3) is 0 Å². The smallest absolute Gasteiger partial charge is 0.135 e. The van der Waals surface area contributed by atoms with Crippen LogP contribution in [-0.2, 0) is 11.2 Å². The molecule has 1 aromatic carbocycles. The first-order valence-corrected chi connectivity index (χ1v) is 6.09. The molecule has 2 nitrogen and oxygen atoms in total. The zero-order chi connectivity index (χ0) is 12.6. The van der Waals surface area contributed by atoms with Crippen LogP contribution in [0.1, 0.15) is 38.1 Å². The van der Waals surface area contributed by atoms with E-state index in [9.17, 15) is 4.79 Å². The fourth-order valence-electron chi connectivity index (χ4n) is 2.41. The summed E-state index contributed by atoms with van der Waals surface area (Å²) >= 11 is 0. The van der Waals surface area contributed by atoms with Crippen molar-refractivity contribution < 1.29 is 4.79 Å². The lowest BCUT2D eigenvalue weighted by atomic mass is 10.2. The van der Waals surface area contributed by atoms with E-state index in [1.807, 2.05) is 0 Å². The molecule has 0 bridgehead atoms. The summed E-state index contributed by atoms with van der Waals surface area (Å²) in [6, 6.07) is 8.97. The Bertz CT molecular complexity index is 564. The summed E-state index contributed by atoms with van der Waals surface area (Å²) < 4.78 is 2.26. The Morgan fingerprint density at radius 3 is 2.59 bits per heavy atom. The summed E-state index contributed by atoms with van der Waals surface area (Å²) in [4.78, 5) is 11.3. The van der Waals surface area contributed by atoms with E-state index in [1.54, 1.807) is 6.92 Å². The molecule has 17 heavy (non-hydrogen) atoms. The minimum atomic E-state index is 0.214. The molecule has 0 aliphatic rings. The topological polar surface area (TPSA) is 22.0 Å². The summed E-state index contributed by atoms with van der Waals surface area (Å²) in [5, 5.41) is 1.23. The Kier molecular flexibility index (Phi) is 3.05. The van der Waals surface area contributed by atoms with Crippen molar-refractivity contribution in [1.29, 1.82) is 0 Å². The van der Waals surface area contributed by atoms with Crippen LogP contribution in [0.4, 0.5) is 0 Å². The number of hydrogen-bond donors (Lipinski definition) is 0.